The van der Waals surface area contributed by atoms with Gasteiger partial charge < -0.3 is 15.4 Å². The van der Waals surface area contributed by atoms with Crippen molar-refractivity contribution in [3.63, 3.8) is 0 Å². The summed E-state index contributed by atoms with van der Waals surface area (Å²) < 4.78 is 5.58. The van der Waals surface area contributed by atoms with Crippen molar-refractivity contribution in [2.45, 2.75) is 25.9 Å². The lowest BCUT2D eigenvalue weighted by atomic mass is 10.2. The highest BCUT2D eigenvalue weighted by Crippen LogP contribution is 2.14. The van der Waals surface area contributed by atoms with Crippen molar-refractivity contribution in [1.29, 1.82) is 0 Å². The maximum absolute atomic E-state index is 12.2. The number of hydrogen-bond acceptors (Lipinski definition) is 3. The van der Waals surface area contributed by atoms with Crippen molar-refractivity contribution < 1.29 is 9.53 Å². The van der Waals surface area contributed by atoms with Crippen LogP contribution >= 0.6 is 0 Å². The van der Waals surface area contributed by atoms with Crippen molar-refractivity contribution in [1.82, 2.24) is 4.90 Å². The summed E-state index contributed by atoms with van der Waals surface area (Å²) in [5.74, 6) is 0.0276. The summed E-state index contributed by atoms with van der Waals surface area (Å²) in [6.07, 6.45) is 5.77. The van der Waals surface area contributed by atoms with Crippen molar-refractivity contribution in [2.75, 3.05) is 25.4 Å². The molecule has 1 aliphatic rings. The van der Waals surface area contributed by atoms with Crippen LogP contribution in [0, 0.1) is 0 Å². The third kappa shape index (κ3) is 4.10. The number of nitrogen functional groups attached to an aromatic ring is 1. The number of amides is 1. The Balaban J connectivity index is 1.92. The van der Waals surface area contributed by atoms with Crippen LogP contribution in [-0.4, -0.2) is 36.6 Å². The number of nitrogens with two attached hydrogens (primary N) is 1. The first kappa shape index (κ1) is 14.6. The van der Waals surface area contributed by atoms with Crippen LogP contribution < -0.4 is 5.73 Å². The lowest BCUT2D eigenvalue weighted by Crippen LogP contribution is -2.36. The number of carbonyl (C=O) groups excluding carboxylic acids is 1. The van der Waals surface area contributed by atoms with Gasteiger partial charge in [-0.2, -0.15) is 0 Å². The molecule has 1 aliphatic heterocycles. The molecular weight excluding hydrogens is 252 g/mol. The van der Waals surface area contributed by atoms with Gasteiger partial charge in [0.25, 0.3) is 0 Å². The molecule has 0 aliphatic carbocycles. The molecule has 4 nitrogen and oxygen atoms in total. The molecule has 1 heterocycles. The van der Waals surface area contributed by atoms with Gasteiger partial charge in [-0.05, 0) is 43.5 Å². The molecule has 2 rings (SSSR count). The fourth-order valence-electron chi connectivity index (χ4n) is 2.29. The quantitative estimate of drug-likeness (QED) is 0.662. The van der Waals surface area contributed by atoms with Gasteiger partial charge in [0.05, 0.1) is 6.10 Å². The Kier molecular flexibility index (Phi) is 5.18. The third-order valence-electron chi connectivity index (χ3n) is 3.50. The van der Waals surface area contributed by atoms with E-state index in [4.69, 9.17) is 10.5 Å². The Labute approximate surface area is 120 Å². The van der Waals surface area contributed by atoms with E-state index >= 15 is 0 Å². The van der Waals surface area contributed by atoms with Crippen LogP contribution in [0.2, 0.25) is 0 Å². The van der Waals surface area contributed by atoms with Crippen molar-refractivity contribution >= 4 is 17.7 Å². The molecule has 0 aromatic heterocycles. The van der Waals surface area contributed by atoms with Crippen LogP contribution in [0.1, 0.15) is 25.3 Å². The molecule has 1 unspecified atom stereocenters. The lowest BCUT2D eigenvalue weighted by molar-refractivity contribution is -0.127. The Bertz CT molecular complexity index is 462. The van der Waals surface area contributed by atoms with Gasteiger partial charge in [0.15, 0.2) is 0 Å². The minimum atomic E-state index is 0.0276. The van der Waals surface area contributed by atoms with E-state index in [0.29, 0.717) is 13.1 Å². The van der Waals surface area contributed by atoms with Crippen molar-refractivity contribution in [2.24, 2.45) is 0 Å². The van der Waals surface area contributed by atoms with Crippen molar-refractivity contribution in [3.8, 4) is 0 Å². The lowest BCUT2D eigenvalue weighted by Gasteiger charge is -2.22. The summed E-state index contributed by atoms with van der Waals surface area (Å²) in [7, 11) is 0. The summed E-state index contributed by atoms with van der Waals surface area (Å²) in [4.78, 5) is 14.0. The van der Waals surface area contributed by atoms with Gasteiger partial charge in [-0.25, -0.2) is 0 Å². The van der Waals surface area contributed by atoms with E-state index < -0.39 is 0 Å². The SMILES string of the molecule is CCN(CC1CCCO1)C(=O)/C=C/c1ccc(N)cc1. The molecule has 1 aromatic carbocycles. The van der Waals surface area contributed by atoms with Crippen LogP contribution in [0.15, 0.2) is 30.3 Å². The number of hydrogen-bond donors (Lipinski definition) is 1. The first-order valence-electron chi connectivity index (χ1n) is 7.13. The van der Waals surface area contributed by atoms with E-state index in [9.17, 15) is 4.79 Å². The van der Waals surface area contributed by atoms with Gasteiger partial charge in [-0.15, -0.1) is 0 Å². The van der Waals surface area contributed by atoms with E-state index in [1.54, 1.807) is 6.08 Å². The topological polar surface area (TPSA) is 55.6 Å². The molecule has 2 N–H and O–H groups in total. The zero-order valence-electron chi connectivity index (χ0n) is 11.9. The standard InChI is InChI=1S/C16H22N2O2/c1-2-18(12-15-4-3-11-20-15)16(19)10-7-13-5-8-14(17)9-6-13/h5-10,15H,2-4,11-12,17H2,1H3/b10-7+. The second-order valence-corrected chi connectivity index (χ2v) is 5.01. The summed E-state index contributed by atoms with van der Waals surface area (Å²) in [5.41, 5.74) is 7.33. The number of carbonyl (C=O) groups is 1. The number of nitrogens with zero attached hydrogens (tertiary/aromatic N) is 1. The number of ether oxygens (including phenoxy) is 1. The fraction of sp³-hybridized carbons (Fsp3) is 0.438. The molecule has 1 saturated heterocycles. The first-order chi connectivity index (χ1) is 9.69. The molecule has 0 saturated carbocycles. The normalized spacial score (nSPS) is 18.6. The number of rotatable bonds is 5. The summed E-state index contributed by atoms with van der Waals surface area (Å²) in [5, 5.41) is 0. The summed E-state index contributed by atoms with van der Waals surface area (Å²) in [6.45, 7) is 4.19. The van der Waals surface area contributed by atoms with Gasteiger partial charge in [-0.3, -0.25) is 4.79 Å². The molecule has 108 valence electrons. The van der Waals surface area contributed by atoms with Gasteiger partial charge in [0.1, 0.15) is 0 Å². The summed E-state index contributed by atoms with van der Waals surface area (Å²) in [6, 6.07) is 7.45. The average Bonchev–Trinajstić information content (AvgIpc) is 2.97. The molecule has 1 fully saturated rings. The molecule has 20 heavy (non-hydrogen) atoms. The highest BCUT2D eigenvalue weighted by atomic mass is 16.5. The van der Waals surface area contributed by atoms with Gasteiger partial charge in [-0.1, -0.05) is 12.1 Å². The van der Waals surface area contributed by atoms with Crippen LogP contribution in [0.25, 0.3) is 6.08 Å². The summed E-state index contributed by atoms with van der Waals surface area (Å²) >= 11 is 0. The van der Waals surface area contributed by atoms with Gasteiger partial charge in [0, 0.05) is 31.5 Å². The fourth-order valence-corrected chi connectivity index (χ4v) is 2.29. The largest absolute Gasteiger partial charge is 0.399 e. The molecule has 0 bridgehead atoms. The smallest absolute Gasteiger partial charge is 0.246 e. The Morgan fingerprint density at radius 1 is 1.45 bits per heavy atom. The third-order valence-corrected chi connectivity index (χ3v) is 3.50. The van der Waals surface area contributed by atoms with Crippen molar-refractivity contribution in [3.05, 3.63) is 35.9 Å². The zero-order valence-corrected chi connectivity index (χ0v) is 11.9. The van der Waals surface area contributed by atoms with Crippen LogP contribution in [0.4, 0.5) is 5.69 Å². The highest BCUT2D eigenvalue weighted by molar-refractivity contribution is 5.91. The Morgan fingerprint density at radius 2 is 2.20 bits per heavy atom. The van der Waals surface area contributed by atoms with E-state index in [0.717, 1.165) is 30.7 Å². The maximum atomic E-state index is 12.2. The predicted molar refractivity (Wildman–Crippen MR) is 81.1 cm³/mol. The van der Waals surface area contributed by atoms with Crippen LogP contribution in [0.5, 0.6) is 0 Å². The minimum Gasteiger partial charge on any atom is -0.399 e. The number of likely N-dealkylation sites (N-methyl/N-ethyl adjacent to an activating group) is 1. The molecule has 0 radical (unpaired) electrons. The molecule has 4 heteroatoms. The minimum absolute atomic E-state index is 0.0276. The van der Waals surface area contributed by atoms with E-state index in [1.807, 2.05) is 42.2 Å². The second kappa shape index (κ2) is 7.10. The van der Waals surface area contributed by atoms with Gasteiger partial charge in [0.2, 0.25) is 5.91 Å². The highest BCUT2D eigenvalue weighted by Gasteiger charge is 2.20. The van der Waals surface area contributed by atoms with Gasteiger partial charge >= 0.3 is 0 Å². The van der Waals surface area contributed by atoms with Crippen LogP contribution in [-0.2, 0) is 9.53 Å². The van der Waals surface area contributed by atoms with E-state index in [-0.39, 0.29) is 12.0 Å². The molecule has 1 aromatic rings. The van der Waals surface area contributed by atoms with E-state index in [2.05, 4.69) is 0 Å². The zero-order chi connectivity index (χ0) is 14.4. The molecule has 1 atom stereocenters. The van der Waals surface area contributed by atoms with E-state index in [1.165, 1.54) is 0 Å². The Morgan fingerprint density at radius 3 is 2.80 bits per heavy atom. The molecular formula is C16H22N2O2. The predicted octanol–water partition coefficient (Wildman–Crippen LogP) is 2.31. The Hall–Kier alpha value is -1.81. The molecule has 0 spiro atoms. The number of benzene rings is 1. The maximum Gasteiger partial charge on any atom is 0.246 e. The average molecular weight is 274 g/mol. The monoisotopic (exact) mass is 274 g/mol. The second-order valence-electron chi connectivity index (χ2n) is 5.01. The first-order valence-corrected chi connectivity index (χ1v) is 7.13. The number of anilines is 1. The molecule has 1 amide bonds. The van der Waals surface area contributed by atoms with Crippen LogP contribution in [0.3, 0.4) is 0 Å².